The molecule has 0 fully saturated rings. The topological polar surface area (TPSA) is 87.7 Å². The summed E-state index contributed by atoms with van der Waals surface area (Å²) in [5.41, 5.74) is 1.28. The quantitative estimate of drug-likeness (QED) is 0.580. The van der Waals surface area contributed by atoms with Gasteiger partial charge < -0.3 is 15.4 Å². The number of ether oxygens (including phenoxy) is 1. The van der Waals surface area contributed by atoms with Gasteiger partial charge in [0.25, 0.3) is 0 Å². The van der Waals surface area contributed by atoms with Gasteiger partial charge in [-0.05, 0) is 32.0 Å². The molecule has 2 rings (SSSR count). The molecule has 2 N–H and O–H groups in total. The van der Waals surface area contributed by atoms with Crippen LogP contribution in [-0.4, -0.2) is 55.5 Å². The number of nitrogens with one attached hydrogen (secondary N) is 2. The summed E-state index contributed by atoms with van der Waals surface area (Å²) in [4.78, 5) is 39.3. The lowest BCUT2D eigenvalue weighted by molar-refractivity contribution is -0.123. The largest absolute Gasteiger partial charge is 0.462 e. The lowest BCUT2D eigenvalue weighted by Gasteiger charge is -2.19. The van der Waals surface area contributed by atoms with Gasteiger partial charge in [-0.15, -0.1) is 11.3 Å². The van der Waals surface area contributed by atoms with Gasteiger partial charge in [0.2, 0.25) is 11.8 Å². The third-order valence-corrected chi connectivity index (χ3v) is 5.19. The number of nitrogens with zero attached hydrogens (tertiary/aromatic N) is 1. The second-order valence-corrected chi connectivity index (χ2v) is 7.30. The fourth-order valence-electron chi connectivity index (χ4n) is 2.69. The van der Waals surface area contributed by atoms with Crippen LogP contribution in [0, 0.1) is 0 Å². The molecule has 2 amide bonds. The van der Waals surface area contributed by atoms with Crippen LogP contribution in [0.5, 0.6) is 0 Å². The van der Waals surface area contributed by atoms with E-state index in [1.54, 1.807) is 17.9 Å². The Kier molecular flexibility index (Phi) is 8.82. The molecule has 2 aromatic rings. The van der Waals surface area contributed by atoms with Gasteiger partial charge in [-0.2, -0.15) is 0 Å². The molecule has 1 aromatic carbocycles. The summed E-state index contributed by atoms with van der Waals surface area (Å²) in [6.45, 7) is 7.00. The van der Waals surface area contributed by atoms with E-state index in [0.29, 0.717) is 23.7 Å². The summed E-state index contributed by atoms with van der Waals surface area (Å²) in [5.74, 6) is -0.893. The monoisotopic (exact) mass is 417 g/mol. The maximum Gasteiger partial charge on any atom is 0.341 e. The Labute approximate surface area is 175 Å². The molecular weight excluding hydrogens is 390 g/mol. The number of carbonyl (C=O) groups excluding carboxylic acids is 3. The van der Waals surface area contributed by atoms with Gasteiger partial charge in [0.15, 0.2) is 0 Å². The van der Waals surface area contributed by atoms with Crippen molar-refractivity contribution >= 4 is 34.1 Å². The molecule has 0 aliphatic heterocycles. The first-order valence-electron chi connectivity index (χ1n) is 9.63. The highest BCUT2D eigenvalue weighted by atomic mass is 32.1. The number of esters is 1. The summed E-state index contributed by atoms with van der Waals surface area (Å²) in [6, 6.07) is 11.4. The van der Waals surface area contributed by atoms with Crippen molar-refractivity contribution in [2.75, 3.05) is 38.1 Å². The van der Waals surface area contributed by atoms with Gasteiger partial charge in [-0.25, -0.2) is 4.79 Å². The zero-order valence-electron chi connectivity index (χ0n) is 17.0. The van der Waals surface area contributed by atoms with Crippen LogP contribution in [0.25, 0.3) is 10.4 Å². The molecule has 0 aliphatic carbocycles. The third-order valence-electron chi connectivity index (χ3n) is 4.09. The van der Waals surface area contributed by atoms with Gasteiger partial charge in [0.05, 0.1) is 25.3 Å². The van der Waals surface area contributed by atoms with E-state index in [-0.39, 0.29) is 31.5 Å². The van der Waals surface area contributed by atoms with E-state index in [2.05, 4.69) is 10.6 Å². The Hall–Kier alpha value is -2.71. The van der Waals surface area contributed by atoms with Crippen molar-refractivity contribution in [3.8, 4) is 10.4 Å². The first-order valence-corrected chi connectivity index (χ1v) is 10.4. The van der Waals surface area contributed by atoms with Crippen LogP contribution in [0.15, 0.2) is 36.4 Å². The maximum absolute atomic E-state index is 12.6. The molecule has 0 radical (unpaired) electrons. The summed E-state index contributed by atoms with van der Waals surface area (Å²) < 4.78 is 5.13. The lowest BCUT2D eigenvalue weighted by Crippen LogP contribution is -2.41. The standard InChI is InChI=1S/C21H27N3O4S/c1-4-22-18(25)13-24(5-2)14-19(26)23-20-16(21(27)28-6-3)12-17(29-20)15-10-8-7-9-11-15/h7-12H,4-6,13-14H2,1-3H3,(H,22,25)(H,23,26). The molecular formula is C21H27N3O4S. The molecule has 1 aromatic heterocycles. The second kappa shape index (κ2) is 11.3. The predicted octanol–water partition coefficient (Wildman–Crippen LogP) is 2.99. The Bertz CT molecular complexity index is 836. The van der Waals surface area contributed by atoms with Crippen molar-refractivity contribution in [1.82, 2.24) is 10.2 Å². The Morgan fingerprint density at radius 2 is 1.72 bits per heavy atom. The maximum atomic E-state index is 12.6. The van der Waals surface area contributed by atoms with Crippen molar-refractivity contribution in [1.29, 1.82) is 0 Å². The number of hydrogen-bond donors (Lipinski definition) is 2. The van der Waals surface area contributed by atoms with E-state index in [0.717, 1.165) is 10.4 Å². The molecule has 7 nitrogen and oxygen atoms in total. The summed E-state index contributed by atoms with van der Waals surface area (Å²) in [7, 11) is 0. The van der Waals surface area contributed by atoms with E-state index in [1.165, 1.54) is 11.3 Å². The molecule has 1 heterocycles. The number of anilines is 1. The van der Waals surface area contributed by atoms with Crippen molar-refractivity contribution in [3.05, 3.63) is 42.0 Å². The van der Waals surface area contributed by atoms with E-state index in [4.69, 9.17) is 4.74 Å². The van der Waals surface area contributed by atoms with Crippen LogP contribution in [0.4, 0.5) is 5.00 Å². The summed E-state index contributed by atoms with van der Waals surface area (Å²) in [5, 5.41) is 5.98. The predicted molar refractivity (Wildman–Crippen MR) is 115 cm³/mol. The molecule has 0 saturated heterocycles. The fraction of sp³-hybridized carbons (Fsp3) is 0.381. The van der Waals surface area contributed by atoms with Crippen LogP contribution in [0.3, 0.4) is 0 Å². The number of thiophene rings is 1. The van der Waals surface area contributed by atoms with Crippen LogP contribution >= 0.6 is 11.3 Å². The van der Waals surface area contributed by atoms with E-state index < -0.39 is 5.97 Å². The molecule has 0 saturated carbocycles. The molecule has 0 atom stereocenters. The van der Waals surface area contributed by atoms with Crippen LogP contribution in [-0.2, 0) is 14.3 Å². The fourth-order valence-corrected chi connectivity index (χ4v) is 3.76. The van der Waals surface area contributed by atoms with E-state index in [9.17, 15) is 14.4 Å². The van der Waals surface area contributed by atoms with Crippen molar-refractivity contribution < 1.29 is 19.1 Å². The number of benzene rings is 1. The molecule has 156 valence electrons. The summed E-state index contributed by atoms with van der Waals surface area (Å²) >= 11 is 1.32. The number of hydrogen-bond acceptors (Lipinski definition) is 6. The lowest BCUT2D eigenvalue weighted by atomic mass is 10.1. The highest BCUT2D eigenvalue weighted by Gasteiger charge is 2.21. The zero-order valence-corrected chi connectivity index (χ0v) is 17.8. The van der Waals surface area contributed by atoms with E-state index in [1.807, 2.05) is 44.2 Å². The van der Waals surface area contributed by atoms with E-state index >= 15 is 0 Å². The first kappa shape index (κ1) is 22.6. The third kappa shape index (κ3) is 6.69. The Morgan fingerprint density at radius 1 is 1.03 bits per heavy atom. The molecule has 0 bridgehead atoms. The second-order valence-electron chi connectivity index (χ2n) is 6.24. The Morgan fingerprint density at radius 3 is 2.34 bits per heavy atom. The van der Waals surface area contributed by atoms with Crippen molar-refractivity contribution in [2.45, 2.75) is 20.8 Å². The highest BCUT2D eigenvalue weighted by molar-refractivity contribution is 7.20. The smallest absolute Gasteiger partial charge is 0.341 e. The molecule has 0 spiro atoms. The summed E-state index contributed by atoms with van der Waals surface area (Å²) in [6.07, 6.45) is 0. The number of carbonyl (C=O) groups is 3. The minimum Gasteiger partial charge on any atom is -0.462 e. The minimum atomic E-state index is -0.476. The highest BCUT2D eigenvalue weighted by Crippen LogP contribution is 2.35. The Balaban J connectivity index is 2.17. The van der Waals surface area contributed by atoms with Gasteiger partial charge in [0, 0.05) is 11.4 Å². The van der Waals surface area contributed by atoms with Crippen LogP contribution in [0.2, 0.25) is 0 Å². The van der Waals surface area contributed by atoms with Gasteiger partial charge in [-0.3, -0.25) is 14.5 Å². The number of likely N-dealkylation sites (N-methyl/N-ethyl adjacent to an activating group) is 2. The number of rotatable bonds is 10. The molecule has 0 aliphatic rings. The number of amides is 2. The average molecular weight is 418 g/mol. The first-order chi connectivity index (χ1) is 14.0. The normalized spacial score (nSPS) is 10.6. The van der Waals surface area contributed by atoms with Gasteiger partial charge >= 0.3 is 5.97 Å². The van der Waals surface area contributed by atoms with Crippen molar-refractivity contribution in [3.63, 3.8) is 0 Å². The zero-order chi connectivity index (χ0) is 21.2. The molecule has 8 heteroatoms. The van der Waals surface area contributed by atoms with Gasteiger partial charge in [-0.1, -0.05) is 37.3 Å². The molecule has 0 unspecified atom stereocenters. The minimum absolute atomic E-state index is 0.0501. The van der Waals surface area contributed by atoms with Crippen LogP contribution in [0.1, 0.15) is 31.1 Å². The van der Waals surface area contributed by atoms with Crippen molar-refractivity contribution in [2.24, 2.45) is 0 Å². The SMILES string of the molecule is CCNC(=O)CN(CC)CC(=O)Nc1sc(-c2ccccc2)cc1C(=O)OCC. The molecule has 29 heavy (non-hydrogen) atoms. The van der Waals surface area contributed by atoms with Gasteiger partial charge in [0.1, 0.15) is 5.00 Å². The average Bonchev–Trinajstić information content (AvgIpc) is 3.12. The van der Waals surface area contributed by atoms with Crippen LogP contribution < -0.4 is 10.6 Å².